The third-order valence-electron chi connectivity index (χ3n) is 3.87. The van der Waals surface area contributed by atoms with Crippen LogP contribution in [-0.4, -0.2) is 36.3 Å². The van der Waals surface area contributed by atoms with Gasteiger partial charge in [-0.25, -0.2) is 8.42 Å². The van der Waals surface area contributed by atoms with Gasteiger partial charge in [0.25, 0.3) is 0 Å². The molecule has 0 radical (unpaired) electrons. The molecule has 0 spiro atoms. The first-order valence-electron chi connectivity index (χ1n) is 6.89. The molecule has 0 atom stereocenters. The van der Waals surface area contributed by atoms with E-state index < -0.39 is 14.6 Å². The van der Waals surface area contributed by atoms with Crippen LogP contribution in [0.4, 0.5) is 0 Å². The van der Waals surface area contributed by atoms with Gasteiger partial charge in [-0.15, -0.1) is 0 Å². The van der Waals surface area contributed by atoms with E-state index in [0.717, 1.165) is 10.0 Å². The molecule has 0 heterocycles. The molecule has 0 N–H and O–H groups in total. The molecule has 1 aliphatic carbocycles. The van der Waals surface area contributed by atoms with Crippen LogP contribution >= 0.6 is 15.9 Å². The molecule has 4 nitrogen and oxygen atoms in total. The zero-order chi connectivity index (χ0) is 15.8. The second-order valence-corrected chi connectivity index (χ2v) is 9.74. The Hall–Kier alpha value is -0.880. The van der Waals surface area contributed by atoms with E-state index in [1.807, 2.05) is 24.3 Å². The number of benzene rings is 1. The molecule has 1 fully saturated rings. The minimum absolute atomic E-state index is 0.336. The van der Waals surface area contributed by atoms with Crippen LogP contribution in [0.2, 0.25) is 0 Å². The Morgan fingerprint density at radius 1 is 1.29 bits per heavy atom. The summed E-state index contributed by atoms with van der Waals surface area (Å²) in [4.78, 5) is 14.0. The summed E-state index contributed by atoms with van der Waals surface area (Å²) in [5.41, 5.74) is 0.966. The Kier molecular flexibility index (Phi) is 4.49. The highest BCUT2D eigenvalue weighted by Gasteiger charge is 2.51. The molecule has 1 aliphatic rings. The molecule has 21 heavy (non-hydrogen) atoms. The second-order valence-electron chi connectivity index (χ2n) is 6.04. The average Bonchev–Trinajstić information content (AvgIpc) is 3.24. The van der Waals surface area contributed by atoms with Gasteiger partial charge in [0.15, 0.2) is 9.84 Å². The fourth-order valence-electron chi connectivity index (χ4n) is 2.31. The predicted octanol–water partition coefficient (Wildman–Crippen LogP) is 2.76. The van der Waals surface area contributed by atoms with Crippen molar-refractivity contribution in [3.63, 3.8) is 0 Å². The van der Waals surface area contributed by atoms with Crippen molar-refractivity contribution in [3.05, 3.63) is 34.3 Å². The SMILES string of the molecule is CN(Cc1ccc(Br)cc1)C(=O)C(C)(C)S(=O)(=O)C1CC1. The molecule has 1 saturated carbocycles. The summed E-state index contributed by atoms with van der Waals surface area (Å²) in [5.74, 6) is -0.350. The van der Waals surface area contributed by atoms with Crippen LogP contribution in [0.5, 0.6) is 0 Å². The van der Waals surface area contributed by atoms with Gasteiger partial charge in [0.05, 0.1) is 5.25 Å². The van der Waals surface area contributed by atoms with Gasteiger partial charge in [0, 0.05) is 18.1 Å². The Bertz CT molecular complexity index is 633. The zero-order valence-electron chi connectivity index (χ0n) is 12.5. The van der Waals surface area contributed by atoms with E-state index in [9.17, 15) is 13.2 Å². The number of rotatable bonds is 5. The number of carbonyl (C=O) groups is 1. The van der Waals surface area contributed by atoms with Crippen molar-refractivity contribution in [2.75, 3.05) is 7.05 Å². The summed E-state index contributed by atoms with van der Waals surface area (Å²) in [7, 11) is -1.76. The maximum Gasteiger partial charge on any atom is 0.243 e. The lowest BCUT2D eigenvalue weighted by atomic mass is 10.1. The van der Waals surface area contributed by atoms with E-state index >= 15 is 0 Å². The third-order valence-corrected chi connectivity index (χ3v) is 7.34. The minimum Gasteiger partial charge on any atom is -0.340 e. The molecule has 1 aromatic carbocycles. The van der Waals surface area contributed by atoms with E-state index in [-0.39, 0.29) is 11.2 Å². The molecular formula is C15H20BrNO3S. The van der Waals surface area contributed by atoms with Crippen LogP contribution in [0.25, 0.3) is 0 Å². The molecule has 6 heteroatoms. The van der Waals surface area contributed by atoms with E-state index in [0.29, 0.717) is 19.4 Å². The largest absolute Gasteiger partial charge is 0.340 e. The molecule has 0 unspecified atom stereocenters. The van der Waals surface area contributed by atoms with Gasteiger partial charge in [-0.2, -0.15) is 0 Å². The molecule has 0 aromatic heterocycles. The number of halogens is 1. The van der Waals surface area contributed by atoms with Crippen molar-refractivity contribution in [2.45, 2.75) is 43.2 Å². The fraction of sp³-hybridized carbons (Fsp3) is 0.533. The highest BCUT2D eigenvalue weighted by Crippen LogP contribution is 2.37. The lowest BCUT2D eigenvalue weighted by molar-refractivity contribution is -0.132. The van der Waals surface area contributed by atoms with Gasteiger partial charge in [-0.1, -0.05) is 28.1 Å². The summed E-state index contributed by atoms with van der Waals surface area (Å²) in [6.45, 7) is 3.43. The Balaban J connectivity index is 2.13. The van der Waals surface area contributed by atoms with E-state index in [1.54, 1.807) is 7.05 Å². The smallest absolute Gasteiger partial charge is 0.243 e. The number of sulfone groups is 1. The van der Waals surface area contributed by atoms with Gasteiger partial charge in [-0.05, 0) is 44.4 Å². The number of carbonyl (C=O) groups excluding carboxylic acids is 1. The zero-order valence-corrected chi connectivity index (χ0v) is 14.9. The first-order chi connectivity index (χ1) is 9.66. The molecule has 0 saturated heterocycles. The number of hydrogen-bond acceptors (Lipinski definition) is 3. The molecular weight excluding hydrogens is 354 g/mol. The topological polar surface area (TPSA) is 54.5 Å². The highest BCUT2D eigenvalue weighted by atomic mass is 79.9. The number of nitrogens with zero attached hydrogens (tertiary/aromatic N) is 1. The van der Waals surface area contributed by atoms with Crippen LogP contribution in [0.3, 0.4) is 0 Å². The molecule has 0 bridgehead atoms. The molecule has 2 rings (SSSR count). The first kappa shape index (κ1) is 16.5. The molecule has 1 aromatic rings. The first-order valence-corrected chi connectivity index (χ1v) is 9.23. The summed E-state index contributed by atoms with van der Waals surface area (Å²) >= 11 is 3.36. The van der Waals surface area contributed by atoms with Gasteiger partial charge in [-0.3, -0.25) is 4.79 Å². The Labute approximate surface area is 134 Å². The van der Waals surface area contributed by atoms with Crippen molar-refractivity contribution in [3.8, 4) is 0 Å². The van der Waals surface area contributed by atoms with Crippen molar-refractivity contribution < 1.29 is 13.2 Å². The molecule has 0 aliphatic heterocycles. The fourth-order valence-corrected chi connectivity index (χ4v) is 4.57. The van der Waals surface area contributed by atoms with E-state index in [2.05, 4.69) is 15.9 Å². The van der Waals surface area contributed by atoms with E-state index in [4.69, 9.17) is 0 Å². The second kappa shape index (κ2) is 5.72. The quantitative estimate of drug-likeness (QED) is 0.797. The maximum absolute atomic E-state index is 12.6. The van der Waals surface area contributed by atoms with Crippen molar-refractivity contribution in [2.24, 2.45) is 0 Å². The monoisotopic (exact) mass is 373 g/mol. The van der Waals surface area contributed by atoms with Crippen LogP contribution in [-0.2, 0) is 21.2 Å². The van der Waals surface area contributed by atoms with Gasteiger partial charge >= 0.3 is 0 Å². The average molecular weight is 374 g/mol. The van der Waals surface area contributed by atoms with Crippen molar-refractivity contribution in [1.29, 1.82) is 0 Å². The Morgan fingerprint density at radius 2 is 1.81 bits per heavy atom. The Morgan fingerprint density at radius 3 is 2.29 bits per heavy atom. The highest BCUT2D eigenvalue weighted by molar-refractivity contribution is 9.10. The summed E-state index contributed by atoms with van der Waals surface area (Å²) in [6, 6.07) is 7.63. The van der Waals surface area contributed by atoms with Crippen LogP contribution in [0.1, 0.15) is 32.3 Å². The summed E-state index contributed by atoms with van der Waals surface area (Å²) in [5, 5.41) is -0.336. The van der Waals surface area contributed by atoms with Crippen LogP contribution in [0, 0.1) is 0 Å². The summed E-state index contributed by atoms with van der Waals surface area (Å²) in [6.07, 6.45) is 1.35. The maximum atomic E-state index is 12.6. The lowest BCUT2D eigenvalue weighted by Crippen LogP contribution is -2.49. The van der Waals surface area contributed by atoms with Crippen molar-refractivity contribution >= 4 is 31.7 Å². The van der Waals surface area contributed by atoms with E-state index in [1.165, 1.54) is 18.7 Å². The van der Waals surface area contributed by atoms with Crippen LogP contribution < -0.4 is 0 Å². The lowest BCUT2D eigenvalue weighted by Gasteiger charge is -2.29. The van der Waals surface area contributed by atoms with Gasteiger partial charge in [0.1, 0.15) is 4.75 Å². The minimum atomic E-state index is -3.41. The number of hydrogen-bond donors (Lipinski definition) is 0. The van der Waals surface area contributed by atoms with Gasteiger partial charge < -0.3 is 4.90 Å². The van der Waals surface area contributed by atoms with Crippen LogP contribution in [0.15, 0.2) is 28.7 Å². The summed E-state index contributed by atoms with van der Waals surface area (Å²) < 4.78 is 24.4. The van der Waals surface area contributed by atoms with Crippen molar-refractivity contribution in [1.82, 2.24) is 4.90 Å². The number of amides is 1. The predicted molar refractivity (Wildman–Crippen MR) is 86.6 cm³/mol. The normalized spacial score (nSPS) is 15.8. The third kappa shape index (κ3) is 3.31. The molecule has 1 amide bonds. The van der Waals surface area contributed by atoms with Gasteiger partial charge in [0.2, 0.25) is 5.91 Å². The molecule has 116 valence electrons. The standard InChI is InChI=1S/C15H20BrNO3S/c1-15(2,21(19,20)13-8-9-13)14(18)17(3)10-11-4-6-12(16)7-5-11/h4-7,13H,8-10H2,1-3H3.